The molecule has 0 bridgehead atoms. The van der Waals surface area contributed by atoms with Gasteiger partial charge in [-0.2, -0.15) is 0 Å². The summed E-state index contributed by atoms with van der Waals surface area (Å²) in [7, 11) is 0. The minimum atomic E-state index is -0.308. The van der Waals surface area contributed by atoms with Gasteiger partial charge >= 0.3 is 0 Å². The van der Waals surface area contributed by atoms with Crippen LogP contribution in [0.5, 0.6) is 0 Å². The number of likely N-dealkylation sites (tertiary alicyclic amines) is 1. The number of amides is 2. The zero-order valence-electron chi connectivity index (χ0n) is 20.1. The maximum absolute atomic E-state index is 13.6. The first-order valence-electron chi connectivity index (χ1n) is 12.2. The SMILES string of the molecule is CC(C)(C)c1ccc(C(=O)N2CCCCC(Sc3ncnc4sc5c(c34)CCCC5)C2=O)cc1. The number of carbonyl (C=O) groups is 2. The molecule has 1 aliphatic carbocycles. The second kappa shape index (κ2) is 9.42. The van der Waals surface area contributed by atoms with E-state index in [1.165, 1.54) is 45.5 Å². The van der Waals surface area contributed by atoms with Crippen molar-refractivity contribution in [1.29, 1.82) is 0 Å². The lowest BCUT2D eigenvalue weighted by Gasteiger charge is -2.23. The molecule has 0 N–H and O–H groups in total. The summed E-state index contributed by atoms with van der Waals surface area (Å²) in [4.78, 5) is 40.0. The minimum Gasteiger partial charge on any atom is -0.278 e. The number of benzene rings is 1. The van der Waals surface area contributed by atoms with Gasteiger partial charge in [0.15, 0.2) is 0 Å². The fraction of sp³-hybridized carbons (Fsp3) is 0.481. The van der Waals surface area contributed by atoms with E-state index in [-0.39, 0.29) is 22.5 Å². The van der Waals surface area contributed by atoms with Crippen molar-refractivity contribution < 1.29 is 9.59 Å². The molecule has 5 nitrogen and oxygen atoms in total. The minimum absolute atomic E-state index is 0.0193. The Labute approximate surface area is 209 Å². The quantitative estimate of drug-likeness (QED) is 0.322. The van der Waals surface area contributed by atoms with Crippen LogP contribution in [0.15, 0.2) is 35.6 Å². The number of aromatic nitrogens is 2. The third kappa shape index (κ3) is 4.52. The summed E-state index contributed by atoms with van der Waals surface area (Å²) in [6.45, 7) is 6.93. The van der Waals surface area contributed by atoms with Crippen LogP contribution >= 0.6 is 23.1 Å². The normalized spacial score (nSPS) is 19.2. The molecule has 2 amide bonds. The van der Waals surface area contributed by atoms with Crippen molar-refractivity contribution in [3.63, 3.8) is 0 Å². The summed E-state index contributed by atoms with van der Waals surface area (Å²) >= 11 is 3.30. The van der Waals surface area contributed by atoms with Crippen LogP contribution in [0, 0.1) is 0 Å². The number of fused-ring (bicyclic) bond motifs is 3. The number of nitrogens with zero attached hydrogens (tertiary/aromatic N) is 3. The van der Waals surface area contributed by atoms with Crippen molar-refractivity contribution in [3.8, 4) is 0 Å². The second-order valence-corrected chi connectivity index (χ2v) is 12.6. The van der Waals surface area contributed by atoms with E-state index in [2.05, 4.69) is 30.7 Å². The molecule has 0 saturated carbocycles. The molecular weight excluding hydrogens is 462 g/mol. The summed E-state index contributed by atoms with van der Waals surface area (Å²) in [5.41, 5.74) is 3.14. The van der Waals surface area contributed by atoms with Gasteiger partial charge in [0.05, 0.1) is 5.25 Å². The van der Waals surface area contributed by atoms with Crippen LogP contribution in [0.2, 0.25) is 0 Å². The summed E-state index contributed by atoms with van der Waals surface area (Å²) in [6.07, 6.45) is 8.72. The second-order valence-electron chi connectivity index (χ2n) is 10.3. The van der Waals surface area contributed by atoms with Gasteiger partial charge in [-0.1, -0.05) is 51.1 Å². The van der Waals surface area contributed by atoms with E-state index < -0.39 is 0 Å². The van der Waals surface area contributed by atoms with Crippen LogP contribution in [0.25, 0.3) is 10.2 Å². The van der Waals surface area contributed by atoms with Crippen molar-refractivity contribution in [2.75, 3.05) is 6.54 Å². The lowest BCUT2D eigenvalue weighted by molar-refractivity contribution is -0.127. The maximum Gasteiger partial charge on any atom is 0.260 e. The van der Waals surface area contributed by atoms with Gasteiger partial charge in [-0.05, 0) is 67.2 Å². The Hall–Kier alpha value is -2.25. The zero-order valence-corrected chi connectivity index (χ0v) is 21.7. The Bertz CT molecular complexity index is 1230. The molecule has 178 valence electrons. The fourth-order valence-electron chi connectivity index (χ4n) is 4.87. The van der Waals surface area contributed by atoms with E-state index >= 15 is 0 Å². The number of hydrogen-bond donors (Lipinski definition) is 0. The Morgan fingerprint density at radius 2 is 1.82 bits per heavy atom. The smallest absolute Gasteiger partial charge is 0.260 e. The topological polar surface area (TPSA) is 63.2 Å². The van der Waals surface area contributed by atoms with E-state index in [0.717, 1.165) is 47.3 Å². The molecule has 5 rings (SSSR count). The lowest BCUT2D eigenvalue weighted by Crippen LogP contribution is -2.41. The standard InChI is InChI=1S/C27H31N3O2S2/c1-27(2,3)18-13-11-17(12-14-18)25(31)30-15-7-6-10-21(26(30)32)34-24-22-19-8-4-5-9-20(19)33-23(22)28-16-29-24/h11-14,16,21H,4-10,15H2,1-3H3. The van der Waals surface area contributed by atoms with Crippen LogP contribution in [0.4, 0.5) is 0 Å². The molecule has 1 fully saturated rings. The highest BCUT2D eigenvalue weighted by atomic mass is 32.2. The Kier molecular flexibility index (Phi) is 6.51. The van der Waals surface area contributed by atoms with Gasteiger partial charge in [0.1, 0.15) is 16.2 Å². The van der Waals surface area contributed by atoms with Gasteiger partial charge in [0.2, 0.25) is 5.91 Å². The monoisotopic (exact) mass is 493 g/mol. The molecule has 1 aromatic carbocycles. The van der Waals surface area contributed by atoms with Gasteiger partial charge in [-0.25, -0.2) is 9.97 Å². The molecule has 1 unspecified atom stereocenters. The average molecular weight is 494 g/mol. The third-order valence-corrected chi connectivity index (χ3v) is 9.31. The Morgan fingerprint density at radius 3 is 2.59 bits per heavy atom. The van der Waals surface area contributed by atoms with Crippen molar-refractivity contribution >= 4 is 45.1 Å². The zero-order chi connectivity index (χ0) is 23.9. The van der Waals surface area contributed by atoms with E-state index in [1.807, 2.05) is 24.3 Å². The molecule has 0 spiro atoms. The van der Waals surface area contributed by atoms with Gasteiger partial charge < -0.3 is 0 Å². The molecule has 2 aliphatic rings. The highest BCUT2D eigenvalue weighted by Gasteiger charge is 2.33. The molecule has 0 radical (unpaired) electrons. The maximum atomic E-state index is 13.6. The number of hydrogen-bond acceptors (Lipinski definition) is 6. The number of rotatable bonds is 3. The highest BCUT2D eigenvalue weighted by molar-refractivity contribution is 8.00. The molecule has 1 atom stereocenters. The van der Waals surface area contributed by atoms with Crippen molar-refractivity contribution in [1.82, 2.24) is 14.9 Å². The number of imide groups is 1. The van der Waals surface area contributed by atoms with Gasteiger partial charge in [-0.3, -0.25) is 14.5 Å². The van der Waals surface area contributed by atoms with Crippen LogP contribution in [-0.2, 0) is 23.1 Å². The third-order valence-electron chi connectivity index (χ3n) is 6.85. The number of aryl methyl sites for hydroxylation is 2. The Balaban J connectivity index is 1.40. The first kappa shape index (κ1) is 23.5. The van der Waals surface area contributed by atoms with E-state index in [1.54, 1.807) is 17.7 Å². The predicted molar refractivity (Wildman–Crippen MR) is 139 cm³/mol. The van der Waals surface area contributed by atoms with Crippen LogP contribution in [0.1, 0.15) is 79.2 Å². The molecule has 3 aromatic rings. The largest absolute Gasteiger partial charge is 0.278 e. The highest BCUT2D eigenvalue weighted by Crippen LogP contribution is 2.41. The van der Waals surface area contributed by atoms with Crippen molar-refractivity contribution in [3.05, 3.63) is 52.2 Å². The molecule has 7 heteroatoms. The fourth-order valence-corrected chi connectivity index (χ4v) is 7.39. The molecule has 1 aliphatic heterocycles. The molecule has 3 heterocycles. The van der Waals surface area contributed by atoms with E-state index in [0.29, 0.717) is 12.1 Å². The lowest BCUT2D eigenvalue weighted by atomic mass is 9.86. The van der Waals surface area contributed by atoms with E-state index in [4.69, 9.17) is 0 Å². The van der Waals surface area contributed by atoms with Crippen LogP contribution < -0.4 is 0 Å². The van der Waals surface area contributed by atoms with Gasteiger partial charge in [-0.15, -0.1) is 11.3 Å². The predicted octanol–water partition coefficient (Wildman–Crippen LogP) is 6.18. The molecule has 1 saturated heterocycles. The average Bonchev–Trinajstić information content (AvgIpc) is 3.12. The molecule has 2 aromatic heterocycles. The van der Waals surface area contributed by atoms with Gasteiger partial charge in [0.25, 0.3) is 5.91 Å². The number of carbonyl (C=O) groups excluding carboxylic acids is 2. The van der Waals surface area contributed by atoms with Gasteiger partial charge in [0, 0.05) is 22.4 Å². The Morgan fingerprint density at radius 1 is 1.06 bits per heavy atom. The molecular formula is C27H31N3O2S2. The summed E-state index contributed by atoms with van der Waals surface area (Å²) in [6, 6.07) is 7.71. The first-order valence-corrected chi connectivity index (χ1v) is 13.9. The van der Waals surface area contributed by atoms with Crippen LogP contribution in [-0.4, -0.2) is 38.5 Å². The summed E-state index contributed by atoms with van der Waals surface area (Å²) in [5, 5.41) is 1.73. The van der Waals surface area contributed by atoms with Crippen molar-refractivity contribution in [2.45, 2.75) is 81.4 Å². The van der Waals surface area contributed by atoms with E-state index in [9.17, 15) is 9.59 Å². The summed E-state index contributed by atoms with van der Waals surface area (Å²) < 4.78 is 0. The molecule has 34 heavy (non-hydrogen) atoms. The first-order chi connectivity index (χ1) is 16.3. The number of thioether (sulfide) groups is 1. The van der Waals surface area contributed by atoms with Crippen molar-refractivity contribution in [2.24, 2.45) is 0 Å². The summed E-state index contributed by atoms with van der Waals surface area (Å²) in [5.74, 6) is -0.290. The number of thiophene rings is 1. The van der Waals surface area contributed by atoms with Crippen LogP contribution in [0.3, 0.4) is 0 Å².